The zero-order valence-corrected chi connectivity index (χ0v) is 11.7. The summed E-state index contributed by atoms with van der Waals surface area (Å²) >= 11 is 3.40. The number of anilines is 1. The molecule has 0 bridgehead atoms. The van der Waals surface area contributed by atoms with Crippen LogP contribution in [0.3, 0.4) is 0 Å². The van der Waals surface area contributed by atoms with Crippen molar-refractivity contribution in [3.8, 4) is 0 Å². The van der Waals surface area contributed by atoms with Crippen molar-refractivity contribution in [2.75, 3.05) is 25.0 Å². The molecule has 1 aromatic heterocycles. The lowest BCUT2D eigenvalue weighted by molar-refractivity contribution is 0.443. The van der Waals surface area contributed by atoms with Crippen LogP contribution in [0.1, 0.15) is 12.8 Å². The van der Waals surface area contributed by atoms with Crippen molar-refractivity contribution < 1.29 is 0 Å². The first-order valence-corrected chi connectivity index (χ1v) is 6.13. The Morgan fingerprint density at radius 1 is 1.50 bits per heavy atom. The number of pyridine rings is 1. The van der Waals surface area contributed by atoms with Gasteiger partial charge in [-0.15, -0.1) is 12.4 Å². The van der Waals surface area contributed by atoms with E-state index in [1.807, 2.05) is 12.1 Å². The van der Waals surface area contributed by atoms with Crippen LogP contribution in [0, 0.1) is 0 Å². The van der Waals surface area contributed by atoms with Crippen LogP contribution in [-0.2, 0) is 0 Å². The second-order valence-electron chi connectivity index (χ2n) is 3.93. The van der Waals surface area contributed by atoms with Gasteiger partial charge in [0.2, 0.25) is 0 Å². The molecule has 1 fully saturated rings. The molecule has 1 N–H and O–H groups in total. The molecule has 90 valence electrons. The van der Waals surface area contributed by atoms with Crippen LogP contribution in [0.2, 0.25) is 0 Å². The van der Waals surface area contributed by atoms with E-state index in [2.05, 4.69) is 44.2 Å². The van der Waals surface area contributed by atoms with Gasteiger partial charge >= 0.3 is 0 Å². The number of piperidine rings is 1. The van der Waals surface area contributed by atoms with Gasteiger partial charge < -0.3 is 10.2 Å². The van der Waals surface area contributed by atoms with E-state index in [1.54, 1.807) is 0 Å². The monoisotopic (exact) mass is 305 g/mol. The molecule has 0 spiro atoms. The molecule has 0 aromatic carbocycles. The molecule has 1 unspecified atom stereocenters. The molecule has 0 radical (unpaired) electrons. The van der Waals surface area contributed by atoms with E-state index in [1.165, 1.54) is 12.8 Å². The van der Waals surface area contributed by atoms with Crippen LogP contribution in [-0.4, -0.2) is 31.2 Å². The summed E-state index contributed by atoms with van der Waals surface area (Å²) in [6.45, 7) is 2.21. The Hall–Kier alpha value is -0.320. The minimum Gasteiger partial charge on any atom is -0.355 e. The van der Waals surface area contributed by atoms with E-state index in [0.29, 0.717) is 6.04 Å². The highest BCUT2D eigenvalue weighted by Crippen LogP contribution is 2.18. The van der Waals surface area contributed by atoms with Crippen LogP contribution in [0.4, 0.5) is 5.82 Å². The van der Waals surface area contributed by atoms with Gasteiger partial charge in [0.15, 0.2) is 0 Å². The van der Waals surface area contributed by atoms with Crippen molar-refractivity contribution in [2.45, 2.75) is 18.9 Å². The van der Waals surface area contributed by atoms with E-state index in [-0.39, 0.29) is 12.4 Å². The number of halogens is 2. The third-order valence-corrected chi connectivity index (χ3v) is 3.32. The second-order valence-corrected chi connectivity index (χ2v) is 4.74. The average molecular weight is 307 g/mol. The molecular weight excluding hydrogens is 289 g/mol. The maximum absolute atomic E-state index is 4.46. The number of rotatable bonds is 2. The summed E-state index contributed by atoms with van der Waals surface area (Å²) in [5, 5.41) is 3.42. The van der Waals surface area contributed by atoms with Gasteiger partial charge in [-0.05, 0) is 47.4 Å². The van der Waals surface area contributed by atoms with Gasteiger partial charge in [-0.3, -0.25) is 0 Å². The Morgan fingerprint density at radius 3 is 2.94 bits per heavy atom. The minimum atomic E-state index is 0. The molecule has 1 aliphatic rings. The fraction of sp³-hybridized carbons (Fsp3) is 0.545. The van der Waals surface area contributed by atoms with E-state index >= 15 is 0 Å². The number of hydrogen-bond donors (Lipinski definition) is 1. The Morgan fingerprint density at radius 2 is 2.31 bits per heavy atom. The van der Waals surface area contributed by atoms with E-state index in [4.69, 9.17) is 0 Å². The SMILES string of the molecule is CN(c1cccc(Br)n1)C1CCCNC1.Cl. The summed E-state index contributed by atoms with van der Waals surface area (Å²) in [5.74, 6) is 1.04. The fourth-order valence-corrected chi connectivity index (χ4v) is 2.28. The molecule has 1 atom stereocenters. The first kappa shape index (κ1) is 13.7. The Balaban J connectivity index is 0.00000128. The topological polar surface area (TPSA) is 28.2 Å². The van der Waals surface area contributed by atoms with Crippen LogP contribution in [0.5, 0.6) is 0 Å². The first-order valence-electron chi connectivity index (χ1n) is 5.33. The predicted molar refractivity (Wildman–Crippen MR) is 73.5 cm³/mol. The average Bonchev–Trinajstić information content (AvgIpc) is 2.29. The van der Waals surface area contributed by atoms with E-state index in [9.17, 15) is 0 Å². The summed E-state index contributed by atoms with van der Waals surface area (Å²) in [6.07, 6.45) is 2.50. The van der Waals surface area contributed by atoms with Gasteiger partial charge in [0, 0.05) is 19.6 Å². The molecule has 1 saturated heterocycles. The molecule has 3 nitrogen and oxygen atoms in total. The summed E-state index contributed by atoms with van der Waals surface area (Å²) < 4.78 is 0.899. The molecule has 0 amide bonds. The van der Waals surface area contributed by atoms with E-state index < -0.39 is 0 Å². The largest absolute Gasteiger partial charge is 0.355 e. The van der Waals surface area contributed by atoms with Crippen LogP contribution < -0.4 is 10.2 Å². The molecule has 0 saturated carbocycles. The van der Waals surface area contributed by atoms with Crippen LogP contribution in [0.25, 0.3) is 0 Å². The standard InChI is InChI=1S/C11H16BrN3.ClH/c1-15(9-4-3-7-13-8-9)11-6-2-5-10(12)14-11;/h2,5-6,9,13H,3-4,7-8H2,1H3;1H. The van der Waals surface area contributed by atoms with Gasteiger partial charge in [-0.25, -0.2) is 4.98 Å². The summed E-state index contributed by atoms with van der Waals surface area (Å²) in [6, 6.07) is 6.61. The maximum atomic E-state index is 4.46. The summed E-state index contributed by atoms with van der Waals surface area (Å²) in [4.78, 5) is 6.72. The van der Waals surface area contributed by atoms with E-state index in [0.717, 1.165) is 23.5 Å². The zero-order chi connectivity index (χ0) is 10.7. The normalized spacial score (nSPS) is 20.0. The van der Waals surface area contributed by atoms with Gasteiger partial charge in [-0.1, -0.05) is 6.07 Å². The lowest BCUT2D eigenvalue weighted by Crippen LogP contribution is -2.44. The maximum Gasteiger partial charge on any atom is 0.129 e. The van der Waals surface area contributed by atoms with Crippen molar-refractivity contribution in [1.29, 1.82) is 0 Å². The van der Waals surface area contributed by atoms with Crippen molar-refractivity contribution in [3.05, 3.63) is 22.8 Å². The van der Waals surface area contributed by atoms with Crippen molar-refractivity contribution in [1.82, 2.24) is 10.3 Å². The number of aromatic nitrogens is 1. The van der Waals surface area contributed by atoms with Gasteiger partial charge in [0.25, 0.3) is 0 Å². The highest BCUT2D eigenvalue weighted by atomic mass is 79.9. The molecule has 1 aromatic rings. The molecule has 2 rings (SSSR count). The molecule has 0 aliphatic carbocycles. The summed E-state index contributed by atoms with van der Waals surface area (Å²) in [7, 11) is 2.12. The number of hydrogen-bond acceptors (Lipinski definition) is 3. The van der Waals surface area contributed by atoms with Crippen LogP contribution in [0.15, 0.2) is 22.8 Å². The third-order valence-electron chi connectivity index (χ3n) is 2.88. The number of likely N-dealkylation sites (N-methyl/N-ethyl adjacent to an activating group) is 1. The molecule has 5 heteroatoms. The Kier molecular flexibility index (Phi) is 5.52. The molecular formula is C11H17BrClN3. The van der Waals surface area contributed by atoms with Crippen molar-refractivity contribution >= 4 is 34.2 Å². The highest BCUT2D eigenvalue weighted by Gasteiger charge is 2.18. The quantitative estimate of drug-likeness (QED) is 0.851. The number of nitrogens with zero attached hydrogens (tertiary/aromatic N) is 2. The lowest BCUT2D eigenvalue weighted by Gasteiger charge is -2.32. The van der Waals surface area contributed by atoms with Gasteiger partial charge in [-0.2, -0.15) is 0 Å². The smallest absolute Gasteiger partial charge is 0.129 e. The second kappa shape index (κ2) is 6.42. The van der Waals surface area contributed by atoms with Crippen LogP contribution >= 0.6 is 28.3 Å². The number of nitrogens with one attached hydrogen (secondary N) is 1. The first-order chi connectivity index (χ1) is 7.27. The third kappa shape index (κ3) is 3.34. The lowest BCUT2D eigenvalue weighted by atomic mass is 10.1. The summed E-state index contributed by atoms with van der Waals surface area (Å²) in [5.41, 5.74) is 0. The van der Waals surface area contributed by atoms with Gasteiger partial charge in [0.05, 0.1) is 0 Å². The molecule has 16 heavy (non-hydrogen) atoms. The zero-order valence-electron chi connectivity index (χ0n) is 9.32. The van der Waals surface area contributed by atoms with Crippen molar-refractivity contribution in [3.63, 3.8) is 0 Å². The Bertz CT molecular complexity index is 329. The fourth-order valence-electron chi connectivity index (χ4n) is 1.95. The Labute approximate surface area is 111 Å². The highest BCUT2D eigenvalue weighted by molar-refractivity contribution is 9.10. The van der Waals surface area contributed by atoms with Gasteiger partial charge in [0.1, 0.15) is 10.4 Å². The molecule has 2 heterocycles. The predicted octanol–water partition coefficient (Wildman–Crippen LogP) is 2.45. The molecule has 1 aliphatic heterocycles. The van der Waals surface area contributed by atoms with Crippen molar-refractivity contribution in [2.24, 2.45) is 0 Å². The minimum absolute atomic E-state index is 0.